The van der Waals surface area contributed by atoms with Gasteiger partial charge < -0.3 is 20.1 Å². The number of unbranched alkanes of at least 4 members (excludes halogenated alkanes) is 2. The molecule has 0 aliphatic carbocycles. The molecule has 3 saturated heterocycles. The lowest BCUT2D eigenvalue weighted by molar-refractivity contribution is -0.154. The van der Waals surface area contributed by atoms with Crippen LogP contribution in [0.5, 0.6) is 0 Å². The van der Waals surface area contributed by atoms with Crippen molar-refractivity contribution in [1.29, 1.82) is 0 Å². The molecule has 3 rings (SSSR count). The Morgan fingerprint density at radius 1 is 1.31 bits per heavy atom. The predicted octanol–water partition coefficient (Wildman–Crippen LogP) is 2.60. The lowest BCUT2D eigenvalue weighted by Crippen LogP contribution is -2.59. The molecular formula is C24H40N2O5S. The summed E-state index contributed by atoms with van der Waals surface area (Å²) in [7, 11) is 0. The molecule has 3 unspecified atom stereocenters. The van der Waals surface area contributed by atoms with Crippen LogP contribution in [0, 0.1) is 23.7 Å². The fourth-order valence-electron chi connectivity index (χ4n) is 6.12. The van der Waals surface area contributed by atoms with Crippen LogP contribution in [-0.4, -0.2) is 69.6 Å². The van der Waals surface area contributed by atoms with Crippen molar-refractivity contribution in [2.24, 2.45) is 23.7 Å². The van der Waals surface area contributed by atoms with Gasteiger partial charge in [0.25, 0.3) is 0 Å². The van der Waals surface area contributed by atoms with Gasteiger partial charge in [-0.3, -0.25) is 14.4 Å². The van der Waals surface area contributed by atoms with Crippen LogP contribution in [0.2, 0.25) is 0 Å². The largest absolute Gasteiger partial charge is 0.466 e. The van der Waals surface area contributed by atoms with Gasteiger partial charge >= 0.3 is 5.97 Å². The van der Waals surface area contributed by atoms with Crippen LogP contribution in [-0.2, 0) is 19.1 Å². The van der Waals surface area contributed by atoms with Gasteiger partial charge in [-0.2, -0.15) is 0 Å². The molecule has 0 aromatic heterocycles. The molecule has 2 bridgehead atoms. The quantitative estimate of drug-likeness (QED) is 0.357. The number of carbonyl (C=O) groups excluding carboxylic acids is 3. The number of likely N-dealkylation sites (tertiary alicyclic amines) is 1. The Morgan fingerprint density at radius 3 is 2.62 bits per heavy atom. The van der Waals surface area contributed by atoms with E-state index in [1.807, 2.05) is 13.8 Å². The van der Waals surface area contributed by atoms with Crippen molar-refractivity contribution in [3.63, 3.8) is 0 Å². The standard InChI is InChI=1S/C24H40N2O5S/c1-6-9-10-11-25-21(28)20-24-15(5)12-17(32-24)18(23(30)31-8-3)19(24)22(29)26(20)16(13-27)14(4)7-2/h14-20,27H,6-13H2,1-5H3,(H,25,28)/t14-,15?,16-,17+,18-,19-,20?,24?/m0/s1. The lowest BCUT2D eigenvalue weighted by Gasteiger charge is -2.41. The van der Waals surface area contributed by atoms with Gasteiger partial charge in [0, 0.05) is 11.8 Å². The first-order valence-electron chi connectivity index (χ1n) is 12.3. The summed E-state index contributed by atoms with van der Waals surface area (Å²) in [4.78, 5) is 42.2. The highest BCUT2D eigenvalue weighted by Gasteiger charge is 2.76. The number of nitrogens with one attached hydrogen (secondary N) is 1. The minimum atomic E-state index is -0.683. The number of aliphatic hydroxyl groups is 1. The fourth-order valence-corrected chi connectivity index (χ4v) is 8.52. The number of hydrogen-bond acceptors (Lipinski definition) is 6. The first-order valence-corrected chi connectivity index (χ1v) is 13.2. The third-order valence-electron chi connectivity index (χ3n) is 7.92. The van der Waals surface area contributed by atoms with E-state index in [2.05, 4.69) is 19.2 Å². The zero-order valence-corrected chi connectivity index (χ0v) is 21.0. The van der Waals surface area contributed by atoms with Crippen molar-refractivity contribution in [3.05, 3.63) is 0 Å². The predicted molar refractivity (Wildman–Crippen MR) is 125 cm³/mol. The van der Waals surface area contributed by atoms with Gasteiger partial charge in [-0.15, -0.1) is 11.8 Å². The topological polar surface area (TPSA) is 95.9 Å². The summed E-state index contributed by atoms with van der Waals surface area (Å²) < 4.78 is 4.71. The van der Waals surface area contributed by atoms with Gasteiger partial charge in [-0.05, 0) is 31.6 Å². The molecule has 0 saturated carbocycles. The first kappa shape index (κ1) is 25.3. The van der Waals surface area contributed by atoms with E-state index in [1.165, 1.54) is 0 Å². The van der Waals surface area contributed by atoms with Gasteiger partial charge in [0.1, 0.15) is 6.04 Å². The fraction of sp³-hybridized carbons (Fsp3) is 0.875. The highest BCUT2D eigenvalue weighted by Crippen LogP contribution is 2.69. The maximum Gasteiger partial charge on any atom is 0.310 e. The van der Waals surface area contributed by atoms with Gasteiger partial charge in [-0.1, -0.05) is 47.0 Å². The molecule has 3 aliphatic heterocycles. The molecule has 8 heteroatoms. The van der Waals surface area contributed by atoms with E-state index in [1.54, 1.807) is 23.6 Å². The highest BCUT2D eigenvalue weighted by molar-refractivity contribution is 8.02. The number of nitrogens with zero attached hydrogens (tertiary/aromatic N) is 1. The highest BCUT2D eigenvalue weighted by atomic mass is 32.2. The molecule has 2 N–H and O–H groups in total. The molecule has 3 fully saturated rings. The second-order valence-electron chi connectivity index (χ2n) is 9.68. The molecular weight excluding hydrogens is 428 g/mol. The number of thioether (sulfide) groups is 1. The molecule has 8 atom stereocenters. The molecule has 0 aromatic rings. The Labute approximate surface area is 196 Å². The maximum atomic E-state index is 14.0. The minimum Gasteiger partial charge on any atom is -0.466 e. The van der Waals surface area contributed by atoms with Crippen LogP contribution >= 0.6 is 11.8 Å². The van der Waals surface area contributed by atoms with E-state index in [0.717, 1.165) is 32.1 Å². The molecule has 0 aromatic carbocycles. The lowest BCUT2D eigenvalue weighted by atomic mass is 9.66. The van der Waals surface area contributed by atoms with Crippen molar-refractivity contribution in [2.45, 2.75) is 88.8 Å². The van der Waals surface area contributed by atoms with Crippen LogP contribution in [0.3, 0.4) is 0 Å². The molecule has 3 aliphatic rings. The van der Waals surface area contributed by atoms with Crippen LogP contribution in [0.4, 0.5) is 0 Å². The van der Waals surface area contributed by atoms with Crippen LogP contribution < -0.4 is 5.32 Å². The number of carbonyl (C=O) groups is 3. The number of amides is 2. The van der Waals surface area contributed by atoms with E-state index in [0.29, 0.717) is 6.54 Å². The summed E-state index contributed by atoms with van der Waals surface area (Å²) in [5.41, 5.74) is 0. The van der Waals surface area contributed by atoms with Crippen LogP contribution in [0.15, 0.2) is 0 Å². The molecule has 1 spiro atoms. The maximum absolute atomic E-state index is 14.0. The molecule has 0 radical (unpaired) electrons. The molecule has 7 nitrogen and oxygen atoms in total. The Morgan fingerprint density at radius 2 is 2.03 bits per heavy atom. The summed E-state index contributed by atoms with van der Waals surface area (Å²) in [6, 6.07) is -1.13. The Kier molecular flexibility index (Phi) is 8.18. The smallest absolute Gasteiger partial charge is 0.310 e. The second kappa shape index (κ2) is 10.3. The van der Waals surface area contributed by atoms with Gasteiger partial charge in [0.2, 0.25) is 11.8 Å². The van der Waals surface area contributed by atoms with E-state index in [4.69, 9.17) is 4.74 Å². The first-order chi connectivity index (χ1) is 15.3. The number of hydrogen-bond donors (Lipinski definition) is 2. The molecule has 182 valence electrons. The summed E-state index contributed by atoms with van der Waals surface area (Å²) >= 11 is 1.65. The second-order valence-corrected chi connectivity index (χ2v) is 11.2. The summed E-state index contributed by atoms with van der Waals surface area (Å²) in [6.45, 7) is 10.7. The minimum absolute atomic E-state index is 0.00767. The van der Waals surface area contributed by atoms with Crippen molar-refractivity contribution in [2.75, 3.05) is 19.8 Å². The third-order valence-corrected chi connectivity index (χ3v) is 9.99. The zero-order chi connectivity index (χ0) is 23.6. The molecule has 3 heterocycles. The molecule has 2 amide bonds. The Balaban J connectivity index is 2.02. The average molecular weight is 469 g/mol. The monoisotopic (exact) mass is 468 g/mol. The van der Waals surface area contributed by atoms with Gasteiger partial charge in [0.15, 0.2) is 0 Å². The number of rotatable bonds is 11. The normalized spacial score (nSPS) is 35.0. The van der Waals surface area contributed by atoms with Crippen molar-refractivity contribution in [3.8, 4) is 0 Å². The van der Waals surface area contributed by atoms with E-state index >= 15 is 0 Å². The SMILES string of the molecule is CCCCCNC(=O)C1N([C@@H](CO)[C@@H](C)CC)C(=O)[C@@H]2[C@@H](C(=O)OCC)[C@H]3CC(C)C12S3. The van der Waals surface area contributed by atoms with Crippen molar-refractivity contribution < 1.29 is 24.2 Å². The van der Waals surface area contributed by atoms with E-state index in [9.17, 15) is 19.5 Å². The molecule has 32 heavy (non-hydrogen) atoms. The van der Waals surface area contributed by atoms with E-state index in [-0.39, 0.29) is 48.1 Å². The summed E-state index contributed by atoms with van der Waals surface area (Å²) in [5, 5.41) is 13.4. The summed E-state index contributed by atoms with van der Waals surface area (Å²) in [5.74, 6) is -1.60. The Hall–Kier alpha value is -1.28. The number of esters is 1. The average Bonchev–Trinajstić information content (AvgIpc) is 3.36. The van der Waals surface area contributed by atoms with Gasteiger partial charge in [0.05, 0.1) is 35.8 Å². The van der Waals surface area contributed by atoms with Crippen molar-refractivity contribution >= 4 is 29.5 Å². The number of aliphatic hydroxyl groups excluding tert-OH is 1. The van der Waals surface area contributed by atoms with Crippen molar-refractivity contribution in [1.82, 2.24) is 10.2 Å². The Bertz CT molecular complexity index is 719. The zero-order valence-electron chi connectivity index (χ0n) is 20.1. The van der Waals surface area contributed by atoms with Crippen LogP contribution in [0.25, 0.3) is 0 Å². The van der Waals surface area contributed by atoms with E-state index < -0.39 is 28.7 Å². The third kappa shape index (κ3) is 3.95. The van der Waals surface area contributed by atoms with Gasteiger partial charge in [-0.25, -0.2) is 0 Å². The number of ether oxygens (including phenoxy) is 1. The number of fused-ring (bicyclic) bond motifs is 1. The summed E-state index contributed by atoms with van der Waals surface area (Å²) in [6.07, 6.45) is 4.56. The van der Waals surface area contributed by atoms with Crippen LogP contribution in [0.1, 0.15) is 66.7 Å².